The van der Waals surface area contributed by atoms with Crippen LogP contribution in [0.3, 0.4) is 0 Å². The van der Waals surface area contributed by atoms with Crippen molar-refractivity contribution in [2.75, 3.05) is 7.05 Å². The Morgan fingerprint density at radius 2 is 1.62 bits per heavy atom. The van der Waals surface area contributed by atoms with Crippen LogP contribution in [0.2, 0.25) is 0 Å². The predicted octanol–water partition coefficient (Wildman–Crippen LogP) is 4.05. The van der Waals surface area contributed by atoms with Crippen LogP contribution in [0.4, 0.5) is 0 Å². The van der Waals surface area contributed by atoms with Gasteiger partial charge in [-0.2, -0.15) is 4.31 Å². The fraction of sp³-hybridized carbons (Fsp3) is 0.696. The van der Waals surface area contributed by atoms with Crippen LogP contribution in [0.25, 0.3) is 0 Å². The summed E-state index contributed by atoms with van der Waals surface area (Å²) in [6.45, 7) is 5.82. The third-order valence-corrected chi connectivity index (χ3v) is 9.88. The van der Waals surface area contributed by atoms with Crippen molar-refractivity contribution in [3.05, 3.63) is 29.8 Å². The smallest absolute Gasteiger partial charge is 0.251 e. The molecule has 0 aliphatic heterocycles. The van der Waals surface area contributed by atoms with Crippen molar-refractivity contribution in [1.82, 2.24) is 9.62 Å². The molecule has 1 atom stereocenters. The molecule has 1 aromatic carbocycles. The van der Waals surface area contributed by atoms with Gasteiger partial charge in [0.2, 0.25) is 10.0 Å². The van der Waals surface area contributed by atoms with Crippen molar-refractivity contribution in [2.24, 2.45) is 23.2 Å². The van der Waals surface area contributed by atoms with E-state index < -0.39 is 10.0 Å². The minimum absolute atomic E-state index is 0.113. The van der Waals surface area contributed by atoms with Gasteiger partial charge in [0.25, 0.3) is 5.91 Å². The van der Waals surface area contributed by atoms with Crippen LogP contribution in [-0.4, -0.2) is 37.8 Å². The molecular weight excluding hydrogens is 384 g/mol. The van der Waals surface area contributed by atoms with Gasteiger partial charge in [0.1, 0.15) is 0 Å². The second-order valence-electron chi connectivity index (χ2n) is 10.1. The molecule has 0 radical (unpaired) electrons. The van der Waals surface area contributed by atoms with Gasteiger partial charge in [0, 0.05) is 24.7 Å². The van der Waals surface area contributed by atoms with Crippen molar-refractivity contribution < 1.29 is 13.2 Å². The number of sulfonamides is 1. The van der Waals surface area contributed by atoms with E-state index in [1.165, 1.54) is 48.9 Å². The monoisotopic (exact) mass is 418 g/mol. The molecule has 0 spiro atoms. The summed E-state index contributed by atoms with van der Waals surface area (Å²) in [5.74, 6) is 2.33. The number of nitrogens with one attached hydrogen (secondary N) is 1. The first-order chi connectivity index (χ1) is 13.6. The lowest BCUT2D eigenvalue weighted by Crippen LogP contribution is -2.55. The van der Waals surface area contributed by atoms with Crippen LogP contribution < -0.4 is 5.32 Å². The van der Waals surface area contributed by atoms with Crippen LogP contribution in [0.15, 0.2) is 29.2 Å². The highest BCUT2D eigenvalue weighted by Crippen LogP contribution is 2.61. The van der Waals surface area contributed by atoms with E-state index >= 15 is 0 Å². The molecule has 0 heterocycles. The van der Waals surface area contributed by atoms with Crippen LogP contribution in [0.5, 0.6) is 0 Å². The molecule has 29 heavy (non-hydrogen) atoms. The molecule has 1 unspecified atom stereocenters. The van der Waals surface area contributed by atoms with Gasteiger partial charge in [-0.1, -0.05) is 6.07 Å². The van der Waals surface area contributed by atoms with Crippen molar-refractivity contribution in [1.29, 1.82) is 0 Å². The average Bonchev–Trinajstić information content (AvgIpc) is 2.66. The SMILES string of the molecule is CC(C)N(C)S(=O)(=O)c1cccc(C(=O)NC(C)C23CC4CC(CC(C4)C2)C3)c1. The van der Waals surface area contributed by atoms with Crippen molar-refractivity contribution in [3.63, 3.8) is 0 Å². The standard InChI is InChI=1S/C23H34N2O3S/c1-15(2)25(4)29(27,28)21-7-5-6-20(11-21)22(26)24-16(3)23-12-17-8-18(13-23)10-19(9-17)14-23/h5-7,11,15-19H,8-10,12-14H2,1-4H3,(H,24,26). The lowest BCUT2D eigenvalue weighted by Gasteiger charge is -2.59. The Kier molecular flexibility index (Phi) is 5.31. The van der Waals surface area contributed by atoms with Gasteiger partial charge >= 0.3 is 0 Å². The average molecular weight is 419 g/mol. The number of hydrogen-bond donors (Lipinski definition) is 1. The van der Waals surface area contributed by atoms with E-state index in [1.54, 1.807) is 25.2 Å². The second-order valence-corrected chi connectivity index (χ2v) is 12.1. The normalized spacial score (nSPS) is 32.0. The van der Waals surface area contributed by atoms with Crippen LogP contribution in [-0.2, 0) is 10.0 Å². The molecule has 160 valence electrons. The van der Waals surface area contributed by atoms with Crippen molar-refractivity contribution in [3.8, 4) is 0 Å². The molecular formula is C23H34N2O3S. The first-order valence-corrected chi connectivity index (χ1v) is 12.4. The van der Waals surface area contributed by atoms with E-state index in [4.69, 9.17) is 0 Å². The fourth-order valence-corrected chi connectivity index (χ4v) is 7.80. The molecule has 4 aliphatic rings. The fourth-order valence-electron chi connectivity index (χ4n) is 6.38. The lowest BCUT2D eigenvalue weighted by atomic mass is 9.48. The maximum atomic E-state index is 13.0. The Morgan fingerprint density at radius 1 is 1.07 bits per heavy atom. The molecule has 0 aromatic heterocycles. The Hall–Kier alpha value is -1.40. The number of amides is 1. The lowest BCUT2D eigenvalue weighted by molar-refractivity contribution is -0.0688. The van der Waals surface area contributed by atoms with Gasteiger partial charge in [0.15, 0.2) is 0 Å². The first kappa shape index (κ1) is 20.9. The molecule has 6 heteroatoms. The number of nitrogens with zero attached hydrogens (tertiary/aromatic N) is 1. The molecule has 0 saturated heterocycles. The highest BCUT2D eigenvalue weighted by Gasteiger charge is 2.53. The number of benzene rings is 1. The quantitative estimate of drug-likeness (QED) is 0.758. The van der Waals surface area contributed by atoms with Crippen LogP contribution in [0, 0.1) is 23.2 Å². The number of carbonyl (C=O) groups is 1. The number of carbonyl (C=O) groups excluding carboxylic acids is 1. The molecule has 5 nitrogen and oxygen atoms in total. The number of rotatable bonds is 6. The first-order valence-electron chi connectivity index (χ1n) is 11.0. The van der Waals surface area contributed by atoms with E-state index in [-0.39, 0.29) is 28.3 Å². The zero-order valence-corrected chi connectivity index (χ0v) is 18.8. The van der Waals surface area contributed by atoms with E-state index in [0.29, 0.717) is 5.56 Å². The Labute approximate surface area is 175 Å². The van der Waals surface area contributed by atoms with Crippen molar-refractivity contribution >= 4 is 15.9 Å². The molecule has 4 bridgehead atoms. The summed E-state index contributed by atoms with van der Waals surface area (Å²) >= 11 is 0. The van der Waals surface area contributed by atoms with Gasteiger partial charge in [0.05, 0.1) is 4.90 Å². The summed E-state index contributed by atoms with van der Waals surface area (Å²) in [6.07, 6.45) is 7.83. The summed E-state index contributed by atoms with van der Waals surface area (Å²) < 4.78 is 26.9. The summed E-state index contributed by atoms with van der Waals surface area (Å²) in [5.41, 5.74) is 0.645. The highest BCUT2D eigenvalue weighted by molar-refractivity contribution is 7.89. The van der Waals surface area contributed by atoms with Gasteiger partial charge in [-0.05, 0) is 101 Å². The van der Waals surface area contributed by atoms with Crippen molar-refractivity contribution in [2.45, 2.75) is 76.3 Å². The van der Waals surface area contributed by atoms with E-state index in [0.717, 1.165) is 17.8 Å². The van der Waals surface area contributed by atoms with Gasteiger partial charge < -0.3 is 5.32 Å². The zero-order chi connectivity index (χ0) is 21.0. The molecule has 4 fully saturated rings. The summed E-state index contributed by atoms with van der Waals surface area (Å²) in [5, 5.41) is 3.24. The van der Waals surface area contributed by atoms with Crippen LogP contribution >= 0.6 is 0 Å². The van der Waals surface area contributed by atoms with Gasteiger partial charge in [-0.25, -0.2) is 8.42 Å². The van der Waals surface area contributed by atoms with Crippen LogP contribution in [0.1, 0.15) is 69.7 Å². The third kappa shape index (κ3) is 3.74. The maximum absolute atomic E-state index is 13.0. The van der Waals surface area contributed by atoms with Gasteiger partial charge in [-0.15, -0.1) is 0 Å². The summed E-state index contributed by atoms with van der Waals surface area (Å²) in [6, 6.07) is 6.40. The van der Waals surface area contributed by atoms with E-state index in [9.17, 15) is 13.2 Å². The molecule has 5 rings (SSSR count). The Balaban J connectivity index is 1.51. The minimum atomic E-state index is -3.61. The second kappa shape index (κ2) is 7.38. The topological polar surface area (TPSA) is 66.5 Å². The van der Waals surface area contributed by atoms with E-state index in [1.807, 2.05) is 13.8 Å². The summed E-state index contributed by atoms with van der Waals surface area (Å²) in [4.78, 5) is 13.2. The Morgan fingerprint density at radius 3 is 2.14 bits per heavy atom. The molecule has 1 N–H and O–H groups in total. The molecule has 1 aromatic rings. The largest absolute Gasteiger partial charge is 0.349 e. The maximum Gasteiger partial charge on any atom is 0.251 e. The predicted molar refractivity (Wildman–Crippen MR) is 114 cm³/mol. The zero-order valence-electron chi connectivity index (χ0n) is 18.0. The summed E-state index contributed by atoms with van der Waals surface area (Å²) in [7, 11) is -2.03. The highest BCUT2D eigenvalue weighted by atomic mass is 32.2. The third-order valence-electron chi connectivity index (χ3n) is 7.85. The Bertz CT molecular complexity index is 858. The van der Waals surface area contributed by atoms with E-state index in [2.05, 4.69) is 12.2 Å². The number of hydrogen-bond acceptors (Lipinski definition) is 3. The molecule has 1 amide bonds. The minimum Gasteiger partial charge on any atom is -0.349 e. The molecule has 4 aliphatic carbocycles. The molecule has 4 saturated carbocycles. The van der Waals surface area contributed by atoms with Gasteiger partial charge in [-0.3, -0.25) is 4.79 Å².